The first-order chi connectivity index (χ1) is 17.3. The van der Waals surface area contributed by atoms with E-state index < -0.39 is 0 Å². The van der Waals surface area contributed by atoms with Crippen LogP contribution in [0.3, 0.4) is 0 Å². The summed E-state index contributed by atoms with van der Waals surface area (Å²) < 4.78 is 2.26. The van der Waals surface area contributed by atoms with Crippen LogP contribution in [0.2, 0.25) is 0 Å². The molecule has 0 fully saturated rings. The summed E-state index contributed by atoms with van der Waals surface area (Å²) in [7, 11) is 0. The first kappa shape index (κ1) is 17.8. The van der Waals surface area contributed by atoms with Gasteiger partial charge >= 0.3 is 0 Å². The Hall–Kier alpha value is -4.57. The maximum atomic E-state index is 5.04. The molecule has 2 aliphatic rings. The number of aromatic nitrogens is 4. The molecule has 0 saturated heterocycles. The Labute approximate surface area is 200 Å². The lowest BCUT2D eigenvalue weighted by Gasteiger charge is -2.11. The quantitative estimate of drug-likeness (QED) is 0.243. The van der Waals surface area contributed by atoms with Crippen LogP contribution in [0.5, 0.6) is 0 Å². The molecule has 35 heavy (non-hydrogen) atoms. The normalized spacial score (nSPS) is 13.5. The minimum Gasteiger partial charge on any atom is -0.291 e. The van der Waals surface area contributed by atoms with Crippen molar-refractivity contribution in [2.75, 3.05) is 0 Å². The van der Waals surface area contributed by atoms with Crippen LogP contribution in [0.1, 0.15) is 22.3 Å². The number of hydrogen-bond donors (Lipinski definition) is 0. The summed E-state index contributed by atoms with van der Waals surface area (Å²) >= 11 is 0. The fourth-order valence-electron chi connectivity index (χ4n) is 6.43. The van der Waals surface area contributed by atoms with E-state index in [-0.39, 0.29) is 0 Å². The van der Waals surface area contributed by atoms with Gasteiger partial charge in [-0.2, -0.15) is 0 Å². The zero-order chi connectivity index (χ0) is 22.7. The van der Waals surface area contributed by atoms with E-state index >= 15 is 0 Å². The van der Waals surface area contributed by atoms with Crippen molar-refractivity contribution in [1.29, 1.82) is 0 Å². The van der Waals surface area contributed by atoms with Gasteiger partial charge in [0, 0.05) is 29.4 Å². The average Bonchev–Trinajstić information content (AvgIpc) is 3.57. The smallest absolute Gasteiger partial charge is 0.146 e. The fraction of sp³-hybridized carbons (Fsp3) is 0.0645. The molecule has 0 bridgehead atoms. The highest BCUT2D eigenvalue weighted by atomic mass is 15.0. The Morgan fingerprint density at radius 2 is 1.29 bits per heavy atom. The van der Waals surface area contributed by atoms with E-state index in [4.69, 9.17) is 4.98 Å². The van der Waals surface area contributed by atoms with Crippen LogP contribution in [0.15, 0.2) is 85.5 Å². The largest absolute Gasteiger partial charge is 0.291 e. The molecule has 162 valence electrons. The summed E-state index contributed by atoms with van der Waals surface area (Å²) in [4.78, 5) is 13.8. The molecule has 7 aromatic rings. The van der Waals surface area contributed by atoms with Gasteiger partial charge in [0.1, 0.15) is 11.2 Å². The van der Waals surface area contributed by atoms with Crippen molar-refractivity contribution in [3.8, 4) is 22.3 Å². The van der Waals surface area contributed by atoms with E-state index in [1.807, 2.05) is 30.9 Å². The molecule has 0 aliphatic heterocycles. The molecule has 2 aliphatic carbocycles. The zero-order valence-electron chi connectivity index (χ0n) is 18.8. The van der Waals surface area contributed by atoms with Gasteiger partial charge in [0.25, 0.3) is 0 Å². The van der Waals surface area contributed by atoms with E-state index in [1.54, 1.807) is 0 Å². The number of fused-ring (bicyclic) bond motifs is 14. The highest BCUT2D eigenvalue weighted by molar-refractivity contribution is 6.15. The topological polar surface area (TPSA) is 43.1 Å². The maximum absolute atomic E-state index is 5.04. The Morgan fingerprint density at radius 3 is 2.20 bits per heavy atom. The van der Waals surface area contributed by atoms with Crippen LogP contribution in [0.25, 0.3) is 60.6 Å². The molecule has 0 N–H and O–H groups in total. The van der Waals surface area contributed by atoms with Gasteiger partial charge in [0.2, 0.25) is 0 Å². The molecule has 0 unspecified atom stereocenters. The van der Waals surface area contributed by atoms with Crippen molar-refractivity contribution in [3.63, 3.8) is 0 Å². The van der Waals surface area contributed by atoms with Crippen molar-refractivity contribution in [2.24, 2.45) is 0 Å². The summed E-state index contributed by atoms with van der Waals surface area (Å²) in [5.41, 5.74) is 15.3. The van der Waals surface area contributed by atoms with Gasteiger partial charge < -0.3 is 0 Å². The summed E-state index contributed by atoms with van der Waals surface area (Å²) in [6, 6.07) is 22.6. The van der Waals surface area contributed by atoms with Crippen molar-refractivity contribution < 1.29 is 0 Å². The van der Waals surface area contributed by atoms with Gasteiger partial charge in [-0.1, -0.05) is 24.3 Å². The Kier molecular flexibility index (Phi) is 3.11. The van der Waals surface area contributed by atoms with E-state index in [0.717, 1.165) is 45.8 Å². The maximum Gasteiger partial charge on any atom is 0.146 e. The molecular formula is C31H18N4. The second-order valence-electron chi connectivity index (χ2n) is 9.76. The molecule has 3 aromatic carbocycles. The molecule has 4 nitrogen and oxygen atoms in total. The molecule has 4 heteroatoms. The molecule has 0 amide bonds. The first-order valence-electron chi connectivity index (χ1n) is 12.0. The van der Waals surface area contributed by atoms with E-state index in [9.17, 15) is 0 Å². The average molecular weight is 447 g/mol. The van der Waals surface area contributed by atoms with E-state index in [0.29, 0.717) is 0 Å². The van der Waals surface area contributed by atoms with Crippen LogP contribution in [-0.2, 0) is 12.8 Å². The van der Waals surface area contributed by atoms with Gasteiger partial charge in [-0.05, 0) is 99.1 Å². The second-order valence-corrected chi connectivity index (χ2v) is 9.76. The monoisotopic (exact) mass is 446 g/mol. The minimum absolute atomic E-state index is 0.912. The predicted molar refractivity (Wildman–Crippen MR) is 140 cm³/mol. The Balaban J connectivity index is 1.37. The van der Waals surface area contributed by atoms with E-state index in [1.165, 1.54) is 49.9 Å². The van der Waals surface area contributed by atoms with E-state index in [2.05, 4.69) is 69.0 Å². The SMILES string of the molecule is c1ccc2c(c1)Cc1cc3c(cc1-2)Cc1cc2c4cnccc4n4c5ccncc5nc4c2cc1-3. The van der Waals surface area contributed by atoms with Crippen molar-refractivity contribution in [1.82, 2.24) is 19.4 Å². The lowest BCUT2D eigenvalue weighted by atomic mass is 9.96. The van der Waals surface area contributed by atoms with Crippen molar-refractivity contribution >= 4 is 38.4 Å². The fourth-order valence-corrected chi connectivity index (χ4v) is 6.43. The van der Waals surface area contributed by atoms with Gasteiger partial charge in [0.05, 0.1) is 17.2 Å². The summed E-state index contributed by atoms with van der Waals surface area (Å²) in [5, 5.41) is 3.53. The van der Waals surface area contributed by atoms with Crippen LogP contribution in [0, 0.1) is 0 Å². The third kappa shape index (κ3) is 2.20. The van der Waals surface area contributed by atoms with Gasteiger partial charge in [-0.25, -0.2) is 4.98 Å². The summed E-state index contributed by atoms with van der Waals surface area (Å²) in [5.74, 6) is 0. The summed E-state index contributed by atoms with van der Waals surface area (Å²) in [6.45, 7) is 0. The van der Waals surface area contributed by atoms with Gasteiger partial charge in [0.15, 0.2) is 0 Å². The van der Waals surface area contributed by atoms with Crippen LogP contribution < -0.4 is 0 Å². The highest BCUT2D eigenvalue weighted by Crippen LogP contribution is 2.46. The molecule has 9 rings (SSSR count). The number of benzene rings is 3. The zero-order valence-corrected chi connectivity index (χ0v) is 18.8. The number of rotatable bonds is 0. The van der Waals surface area contributed by atoms with Crippen molar-refractivity contribution in [3.05, 3.63) is 108 Å². The molecular weight excluding hydrogens is 428 g/mol. The van der Waals surface area contributed by atoms with Crippen LogP contribution in [-0.4, -0.2) is 19.4 Å². The molecule has 4 aromatic heterocycles. The lowest BCUT2D eigenvalue weighted by Crippen LogP contribution is -1.93. The third-order valence-electron chi connectivity index (χ3n) is 7.96. The molecule has 0 radical (unpaired) electrons. The van der Waals surface area contributed by atoms with Crippen LogP contribution in [0.4, 0.5) is 0 Å². The third-order valence-corrected chi connectivity index (χ3v) is 7.96. The Bertz CT molecular complexity index is 2070. The van der Waals surface area contributed by atoms with Crippen molar-refractivity contribution in [2.45, 2.75) is 12.8 Å². The first-order valence-corrected chi connectivity index (χ1v) is 12.0. The standard InChI is InChI=1S/C31H18N4/c1-2-4-21-17(3-1)9-18-12-23-19(11-22(18)21)10-20-13-25-26(14-24(20)23)31-34-28-16-33-8-6-30(28)35(31)29-5-7-32-15-27(25)29/h1-8,11-16H,9-10H2. The Morgan fingerprint density at radius 1 is 0.571 bits per heavy atom. The predicted octanol–water partition coefficient (Wildman–Crippen LogP) is 6.73. The van der Waals surface area contributed by atoms with Gasteiger partial charge in [-0.15, -0.1) is 0 Å². The van der Waals surface area contributed by atoms with Gasteiger partial charge in [-0.3, -0.25) is 14.4 Å². The number of nitrogens with zero attached hydrogens (tertiary/aromatic N) is 4. The number of imidazole rings is 1. The number of pyridine rings is 3. The van der Waals surface area contributed by atoms with Crippen LogP contribution >= 0.6 is 0 Å². The lowest BCUT2D eigenvalue weighted by molar-refractivity contribution is 1.24. The highest BCUT2D eigenvalue weighted by Gasteiger charge is 2.26. The number of hydrogen-bond acceptors (Lipinski definition) is 3. The summed E-state index contributed by atoms with van der Waals surface area (Å²) in [6.07, 6.45) is 9.52. The molecule has 0 saturated carbocycles. The molecule has 0 atom stereocenters. The second kappa shape index (κ2) is 6.10. The minimum atomic E-state index is 0.912. The molecule has 4 heterocycles. The molecule has 0 spiro atoms.